The maximum Gasteiger partial charge on any atom is 0.251 e. The zero-order chi connectivity index (χ0) is 21.0. The maximum atomic E-state index is 13.0. The van der Waals surface area contributed by atoms with Gasteiger partial charge in [0.25, 0.3) is 5.91 Å². The molecular formula is C21H25FN2O4S. The number of hydrogen-bond donors (Lipinski definition) is 2. The molecule has 0 aromatic heterocycles. The third kappa shape index (κ3) is 5.01. The molecule has 6 nitrogen and oxygen atoms in total. The van der Waals surface area contributed by atoms with Crippen LogP contribution >= 0.6 is 0 Å². The van der Waals surface area contributed by atoms with Crippen molar-refractivity contribution in [1.82, 2.24) is 9.62 Å². The van der Waals surface area contributed by atoms with Gasteiger partial charge in [0.05, 0.1) is 11.0 Å². The molecule has 2 atom stereocenters. The summed E-state index contributed by atoms with van der Waals surface area (Å²) in [6.07, 6.45) is 1.65. The molecule has 0 saturated carbocycles. The van der Waals surface area contributed by atoms with Gasteiger partial charge >= 0.3 is 0 Å². The highest BCUT2D eigenvalue weighted by atomic mass is 32.2. The number of piperidine rings is 1. The van der Waals surface area contributed by atoms with Gasteiger partial charge in [0, 0.05) is 24.7 Å². The highest BCUT2D eigenvalue weighted by Crippen LogP contribution is 2.25. The number of halogens is 1. The van der Waals surface area contributed by atoms with Crippen LogP contribution in [0.5, 0.6) is 0 Å². The van der Waals surface area contributed by atoms with Gasteiger partial charge in [0.2, 0.25) is 10.0 Å². The van der Waals surface area contributed by atoms with Gasteiger partial charge in [-0.2, -0.15) is 4.31 Å². The summed E-state index contributed by atoms with van der Waals surface area (Å²) in [5.41, 5.74) is 0.671. The van der Waals surface area contributed by atoms with Gasteiger partial charge in [-0.05, 0) is 55.7 Å². The van der Waals surface area contributed by atoms with Gasteiger partial charge in [-0.1, -0.05) is 24.6 Å². The topological polar surface area (TPSA) is 86.7 Å². The van der Waals surface area contributed by atoms with E-state index in [4.69, 9.17) is 0 Å². The lowest BCUT2D eigenvalue weighted by atomic mass is 10.1. The van der Waals surface area contributed by atoms with Crippen LogP contribution in [0.1, 0.15) is 48.2 Å². The highest BCUT2D eigenvalue weighted by molar-refractivity contribution is 7.89. The molecule has 0 aliphatic carbocycles. The zero-order valence-corrected chi connectivity index (χ0v) is 17.0. The minimum absolute atomic E-state index is 0.0721. The Kier molecular flexibility index (Phi) is 6.66. The summed E-state index contributed by atoms with van der Waals surface area (Å²) < 4.78 is 40.4. The average Bonchev–Trinajstić information content (AvgIpc) is 2.72. The number of rotatable bonds is 6. The van der Waals surface area contributed by atoms with E-state index in [0.717, 1.165) is 19.3 Å². The molecule has 156 valence electrons. The number of carbonyl (C=O) groups excluding carboxylic acids is 1. The van der Waals surface area contributed by atoms with Crippen molar-refractivity contribution in [3.8, 4) is 0 Å². The van der Waals surface area contributed by atoms with E-state index in [-0.39, 0.29) is 23.0 Å². The van der Waals surface area contributed by atoms with Gasteiger partial charge < -0.3 is 10.4 Å². The molecule has 1 fully saturated rings. The minimum Gasteiger partial charge on any atom is -0.387 e. The summed E-state index contributed by atoms with van der Waals surface area (Å²) in [5, 5.41) is 12.7. The Hall–Kier alpha value is -2.29. The average molecular weight is 421 g/mol. The Morgan fingerprint density at radius 2 is 1.97 bits per heavy atom. The predicted octanol–water partition coefficient (Wildman–Crippen LogP) is 2.85. The second kappa shape index (κ2) is 9.02. The molecule has 2 N–H and O–H groups in total. The number of hydrogen-bond acceptors (Lipinski definition) is 4. The largest absolute Gasteiger partial charge is 0.387 e. The van der Waals surface area contributed by atoms with E-state index < -0.39 is 27.9 Å². The molecule has 1 saturated heterocycles. The van der Waals surface area contributed by atoms with Crippen molar-refractivity contribution < 1.29 is 22.7 Å². The first-order valence-electron chi connectivity index (χ1n) is 9.62. The Bertz CT molecular complexity index is 963. The van der Waals surface area contributed by atoms with Crippen molar-refractivity contribution in [2.75, 3.05) is 13.1 Å². The van der Waals surface area contributed by atoms with Crippen molar-refractivity contribution >= 4 is 15.9 Å². The minimum atomic E-state index is -3.68. The Balaban J connectivity index is 1.70. The van der Waals surface area contributed by atoms with Crippen LogP contribution in [0.4, 0.5) is 4.39 Å². The van der Waals surface area contributed by atoms with Crippen molar-refractivity contribution in [3.05, 3.63) is 65.5 Å². The van der Waals surface area contributed by atoms with Gasteiger partial charge in [0.1, 0.15) is 5.82 Å². The lowest BCUT2D eigenvalue weighted by Crippen LogP contribution is -2.42. The molecule has 2 aromatic rings. The molecule has 0 spiro atoms. The maximum absolute atomic E-state index is 13.0. The summed E-state index contributed by atoms with van der Waals surface area (Å²) in [7, 11) is -3.68. The number of amides is 1. The molecule has 2 aromatic carbocycles. The van der Waals surface area contributed by atoms with Gasteiger partial charge in [-0.3, -0.25) is 4.79 Å². The van der Waals surface area contributed by atoms with Crippen LogP contribution in [0, 0.1) is 5.82 Å². The first-order chi connectivity index (χ1) is 13.8. The molecule has 29 heavy (non-hydrogen) atoms. The molecule has 1 amide bonds. The van der Waals surface area contributed by atoms with Crippen molar-refractivity contribution in [1.29, 1.82) is 0 Å². The fourth-order valence-corrected chi connectivity index (χ4v) is 5.20. The second-order valence-electron chi connectivity index (χ2n) is 7.27. The predicted molar refractivity (Wildman–Crippen MR) is 107 cm³/mol. The number of nitrogens with zero attached hydrogens (tertiary/aromatic N) is 1. The highest BCUT2D eigenvalue weighted by Gasteiger charge is 2.31. The third-order valence-electron chi connectivity index (χ3n) is 5.16. The normalized spacial score (nSPS) is 18.9. The quantitative estimate of drug-likeness (QED) is 0.752. The van der Waals surface area contributed by atoms with Crippen LogP contribution in [0.2, 0.25) is 0 Å². The third-order valence-corrected chi connectivity index (χ3v) is 7.17. The summed E-state index contributed by atoms with van der Waals surface area (Å²) in [6.45, 7) is 2.29. The standard InChI is InChI=1S/C21H25FN2O4S/c1-15-5-2-3-12-24(15)29(27,28)19-7-4-6-17(13-19)21(26)23-14-20(25)16-8-10-18(22)11-9-16/h4,6-11,13,15,20,25H,2-3,5,12,14H2,1H3,(H,23,26). The number of carbonyl (C=O) groups is 1. The number of aliphatic hydroxyl groups is 1. The van der Waals surface area contributed by atoms with E-state index in [0.29, 0.717) is 12.1 Å². The Labute approximate surface area is 170 Å². The summed E-state index contributed by atoms with van der Waals surface area (Å²) in [6, 6.07) is 11.2. The fourth-order valence-electron chi connectivity index (χ4n) is 3.46. The second-order valence-corrected chi connectivity index (χ2v) is 9.16. The molecule has 2 unspecified atom stereocenters. The van der Waals surface area contributed by atoms with Crippen LogP contribution in [-0.4, -0.2) is 42.9 Å². The smallest absolute Gasteiger partial charge is 0.251 e. The Morgan fingerprint density at radius 3 is 2.66 bits per heavy atom. The monoisotopic (exact) mass is 420 g/mol. The van der Waals surface area contributed by atoms with E-state index in [1.165, 1.54) is 52.8 Å². The number of nitrogens with one attached hydrogen (secondary N) is 1. The molecule has 1 aliphatic heterocycles. The SMILES string of the molecule is CC1CCCCN1S(=O)(=O)c1cccc(C(=O)NCC(O)c2ccc(F)cc2)c1. The van der Waals surface area contributed by atoms with Crippen LogP contribution < -0.4 is 5.32 Å². The van der Waals surface area contributed by atoms with E-state index in [1.54, 1.807) is 0 Å². The molecule has 0 bridgehead atoms. The summed E-state index contributed by atoms with van der Waals surface area (Å²) in [5.74, 6) is -0.902. The lowest BCUT2D eigenvalue weighted by molar-refractivity contribution is 0.0916. The first-order valence-corrected chi connectivity index (χ1v) is 11.1. The summed E-state index contributed by atoms with van der Waals surface area (Å²) >= 11 is 0. The van der Waals surface area contributed by atoms with Crippen molar-refractivity contribution in [2.24, 2.45) is 0 Å². The van der Waals surface area contributed by atoms with Gasteiger partial charge in [-0.25, -0.2) is 12.8 Å². The number of benzene rings is 2. The van der Waals surface area contributed by atoms with E-state index in [9.17, 15) is 22.7 Å². The zero-order valence-electron chi connectivity index (χ0n) is 16.2. The molecular weight excluding hydrogens is 395 g/mol. The lowest BCUT2D eigenvalue weighted by Gasteiger charge is -2.32. The fraction of sp³-hybridized carbons (Fsp3) is 0.381. The van der Waals surface area contributed by atoms with Crippen molar-refractivity contribution in [2.45, 2.75) is 43.2 Å². The van der Waals surface area contributed by atoms with Crippen LogP contribution in [0.15, 0.2) is 53.4 Å². The number of sulfonamides is 1. The molecule has 0 radical (unpaired) electrons. The molecule has 1 heterocycles. The number of aliphatic hydroxyl groups excluding tert-OH is 1. The van der Waals surface area contributed by atoms with E-state index >= 15 is 0 Å². The van der Waals surface area contributed by atoms with Gasteiger partial charge in [-0.15, -0.1) is 0 Å². The summed E-state index contributed by atoms with van der Waals surface area (Å²) in [4.78, 5) is 12.5. The van der Waals surface area contributed by atoms with Crippen LogP contribution in [0.25, 0.3) is 0 Å². The van der Waals surface area contributed by atoms with Crippen LogP contribution in [-0.2, 0) is 10.0 Å². The molecule has 1 aliphatic rings. The van der Waals surface area contributed by atoms with E-state index in [1.807, 2.05) is 6.92 Å². The van der Waals surface area contributed by atoms with E-state index in [2.05, 4.69) is 5.32 Å². The van der Waals surface area contributed by atoms with Gasteiger partial charge in [0.15, 0.2) is 0 Å². The first kappa shape index (κ1) is 21.4. The molecule has 3 rings (SSSR count). The van der Waals surface area contributed by atoms with Crippen LogP contribution in [0.3, 0.4) is 0 Å². The molecule has 8 heteroatoms. The Morgan fingerprint density at radius 1 is 1.24 bits per heavy atom. The van der Waals surface area contributed by atoms with Crippen molar-refractivity contribution in [3.63, 3.8) is 0 Å².